The van der Waals surface area contributed by atoms with Crippen molar-refractivity contribution in [1.29, 1.82) is 0 Å². The van der Waals surface area contributed by atoms with E-state index in [1.54, 1.807) is 0 Å². The highest BCUT2D eigenvalue weighted by Crippen LogP contribution is 2.31. The standard InChI is InChI=1S/C50H57NO6/c1-9-15-38(5)21-24-40(7)51(45-29-22-39(6)23-30-45)41(8)25-26-42(16-10-2)37-48(44-27-31-47(32-28-44)55-34-36-57-50(53)12-4)43-17-13-19-46(20-14-18-43)54-33-35-56-49(52)11-3/h9,11-13,15-18,20-32,37H,3-4,8,10,14,19,33-36H2,1-2,5-7H3/b15-9-,17-13?,26-25-,38-21-,40-24+,42-16+,43-18+,46-20+,48-37-. The summed E-state index contributed by atoms with van der Waals surface area (Å²) in [6.45, 7) is 22.5. The minimum Gasteiger partial charge on any atom is -0.494 e. The van der Waals surface area contributed by atoms with Gasteiger partial charge in [-0.3, -0.25) is 0 Å². The smallest absolute Gasteiger partial charge is 0.330 e. The van der Waals surface area contributed by atoms with Gasteiger partial charge in [0.2, 0.25) is 0 Å². The van der Waals surface area contributed by atoms with Gasteiger partial charge in [-0.25, -0.2) is 9.59 Å². The Kier molecular flexibility index (Phi) is 19.7. The quantitative estimate of drug-likeness (QED) is 0.0542. The lowest BCUT2D eigenvalue weighted by molar-refractivity contribution is -0.139. The predicted octanol–water partition coefficient (Wildman–Crippen LogP) is 11.7. The zero-order valence-corrected chi connectivity index (χ0v) is 34.2. The normalized spacial score (nSPS) is 15.8. The molecule has 0 saturated carbocycles. The Morgan fingerprint density at radius 3 is 2.12 bits per heavy atom. The molecule has 0 spiro atoms. The van der Waals surface area contributed by atoms with Crippen LogP contribution in [0, 0.1) is 6.92 Å². The number of carbonyl (C=O) groups is 2. The van der Waals surface area contributed by atoms with Gasteiger partial charge in [-0.2, -0.15) is 0 Å². The average molecular weight is 768 g/mol. The van der Waals surface area contributed by atoms with E-state index in [4.69, 9.17) is 18.9 Å². The van der Waals surface area contributed by atoms with Gasteiger partial charge in [0.15, 0.2) is 0 Å². The van der Waals surface area contributed by atoms with Gasteiger partial charge in [0.05, 0.1) is 5.76 Å². The van der Waals surface area contributed by atoms with Gasteiger partial charge in [-0.1, -0.05) is 111 Å². The molecule has 0 atom stereocenters. The average Bonchev–Trinajstić information content (AvgIpc) is 3.20. The summed E-state index contributed by atoms with van der Waals surface area (Å²) in [5.74, 6) is 0.515. The predicted molar refractivity (Wildman–Crippen MR) is 235 cm³/mol. The van der Waals surface area contributed by atoms with Gasteiger partial charge in [0, 0.05) is 35.7 Å². The van der Waals surface area contributed by atoms with Gasteiger partial charge in [-0.05, 0) is 111 Å². The molecular formula is C50H57NO6. The van der Waals surface area contributed by atoms with E-state index >= 15 is 0 Å². The molecule has 0 radical (unpaired) electrons. The number of rotatable bonds is 21. The Bertz CT molecular complexity index is 1980. The van der Waals surface area contributed by atoms with Gasteiger partial charge in [0.1, 0.15) is 32.2 Å². The van der Waals surface area contributed by atoms with E-state index in [9.17, 15) is 9.59 Å². The number of hydrogen-bond acceptors (Lipinski definition) is 7. The largest absolute Gasteiger partial charge is 0.494 e. The van der Waals surface area contributed by atoms with E-state index in [0.717, 1.165) is 69.3 Å². The molecule has 2 aromatic rings. The van der Waals surface area contributed by atoms with Crippen molar-refractivity contribution in [2.75, 3.05) is 31.3 Å². The van der Waals surface area contributed by atoms with Crippen molar-refractivity contribution in [2.24, 2.45) is 0 Å². The minimum atomic E-state index is -0.484. The molecule has 0 unspecified atom stereocenters. The van der Waals surface area contributed by atoms with E-state index in [0.29, 0.717) is 18.6 Å². The molecule has 0 saturated heterocycles. The molecule has 0 N–H and O–H groups in total. The molecule has 0 bridgehead atoms. The Labute approximate surface area is 340 Å². The summed E-state index contributed by atoms with van der Waals surface area (Å²) in [5.41, 5.74) is 9.33. The molecule has 0 heterocycles. The Morgan fingerprint density at radius 1 is 0.825 bits per heavy atom. The van der Waals surface area contributed by atoms with Gasteiger partial charge in [-0.15, -0.1) is 0 Å². The third-order valence-corrected chi connectivity index (χ3v) is 8.49. The number of nitrogens with zero attached hydrogens (tertiary/aromatic N) is 1. The van der Waals surface area contributed by atoms with Crippen molar-refractivity contribution in [3.05, 3.63) is 198 Å². The summed E-state index contributed by atoms with van der Waals surface area (Å²) in [5, 5.41) is 0. The number of hydrogen-bond donors (Lipinski definition) is 0. The van der Waals surface area contributed by atoms with Crippen LogP contribution in [0.1, 0.15) is 58.1 Å². The van der Waals surface area contributed by atoms with Crippen LogP contribution in [0.4, 0.5) is 5.69 Å². The zero-order valence-electron chi connectivity index (χ0n) is 34.2. The van der Waals surface area contributed by atoms with Crippen molar-refractivity contribution >= 4 is 23.2 Å². The number of ether oxygens (including phenoxy) is 4. The lowest BCUT2D eigenvalue weighted by atomic mass is 9.93. The first-order chi connectivity index (χ1) is 27.6. The third-order valence-electron chi connectivity index (χ3n) is 8.49. The molecule has 1 aliphatic carbocycles. The lowest BCUT2D eigenvalue weighted by Gasteiger charge is -2.26. The Hall–Kier alpha value is -6.34. The summed E-state index contributed by atoms with van der Waals surface area (Å²) >= 11 is 0. The van der Waals surface area contributed by atoms with Gasteiger partial charge in [0.25, 0.3) is 0 Å². The second-order valence-corrected chi connectivity index (χ2v) is 13.0. The first-order valence-electron chi connectivity index (χ1n) is 19.2. The first-order valence-corrected chi connectivity index (χ1v) is 19.2. The summed E-state index contributed by atoms with van der Waals surface area (Å²) in [6.07, 6.45) is 29.7. The second kappa shape index (κ2) is 24.9. The van der Waals surface area contributed by atoms with Gasteiger partial charge < -0.3 is 23.8 Å². The third kappa shape index (κ3) is 16.1. The van der Waals surface area contributed by atoms with Crippen LogP contribution in [-0.4, -0.2) is 38.4 Å². The highest BCUT2D eigenvalue weighted by Gasteiger charge is 2.13. The van der Waals surface area contributed by atoms with E-state index in [1.165, 1.54) is 5.56 Å². The number of aryl methyl sites for hydroxylation is 1. The maximum absolute atomic E-state index is 11.4. The van der Waals surface area contributed by atoms with Crippen LogP contribution >= 0.6 is 0 Å². The summed E-state index contributed by atoms with van der Waals surface area (Å²) in [7, 11) is 0. The maximum atomic E-state index is 11.4. The van der Waals surface area contributed by atoms with Crippen molar-refractivity contribution < 1.29 is 28.5 Å². The van der Waals surface area contributed by atoms with Crippen LogP contribution in [0.2, 0.25) is 0 Å². The highest BCUT2D eigenvalue weighted by atomic mass is 16.6. The van der Waals surface area contributed by atoms with E-state index in [-0.39, 0.29) is 26.4 Å². The number of benzene rings is 2. The van der Waals surface area contributed by atoms with Crippen molar-refractivity contribution in [3.8, 4) is 5.75 Å². The number of esters is 2. The van der Waals surface area contributed by atoms with E-state index in [2.05, 4.69) is 137 Å². The maximum Gasteiger partial charge on any atom is 0.330 e. The Morgan fingerprint density at radius 2 is 1.49 bits per heavy atom. The Balaban J connectivity index is 1.99. The highest BCUT2D eigenvalue weighted by molar-refractivity contribution is 5.84. The number of allylic oxidation sites excluding steroid dienone is 17. The molecule has 7 nitrogen and oxygen atoms in total. The molecule has 298 valence electrons. The van der Waals surface area contributed by atoms with Crippen LogP contribution in [0.15, 0.2) is 187 Å². The number of anilines is 1. The topological polar surface area (TPSA) is 74.3 Å². The van der Waals surface area contributed by atoms with Crippen molar-refractivity contribution in [3.63, 3.8) is 0 Å². The molecule has 0 amide bonds. The molecular weight excluding hydrogens is 711 g/mol. The SMILES string of the molecule is C=CC(=O)OCCO/C1=C/C/C=C(/C(=C/C(/C=C\C(=C)N(/C(C)=C/C=C(C)\C=C/C)c2ccc(C)cc2)=C/CC)c2ccc(OCCOC(=O)C=C)cc2)C=CC1. The molecule has 7 heteroatoms. The van der Waals surface area contributed by atoms with Crippen LogP contribution < -0.4 is 9.64 Å². The first kappa shape index (κ1) is 45.1. The van der Waals surface area contributed by atoms with E-state index in [1.807, 2.05) is 43.3 Å². The van der Waals surface area contributed by atoms with Crippen LogP contribution in [0.25, 0.3) is 5.57 Å². The molecule has 0 aliphatic heterocycles. The van der Waals surface area contributed by atoms with Gasteiger partial charge >= 0.3 is 11.9 Å². The van der Waals surface area contributed by atoms with Crippen LogP contribution in [0.3, 0.4) is 0 Å². The lowest BCUT2D eigenvalue weighted by Crippen LogP contribution is -2.18. The molecule has 0 fully saturated rings. The molecule has 0 aromatic heterocycles. The minimum absolute atomic E-state index is 0.126. The van der Waals surface area contributed by atoms with Crippen molar-refractivity contribution in [1.82, 2.24) is 0 Å². The van der Waals surface area contributed by atoms with Crippen LogP contribution in [0.5, 0.6) is 5.75 Å². The molecule has 57 heavy (non-hydrogen) atoms. The zero-order chi connectivity index (χ0) is 41.4. The van der Waals surface area contributed by atoms with Crippen LogP contribution in [-0.2, 0) is 23.8 Å². The van der Waals surface area contributed by atoms with Crippen molar-refractivity contribution in [2.45, 2.75) is 53.9 Å². The molecule has 3 rings (SSSR count). The summed E-state index contributed by atoms with van der Waals surface area (Å²) in [6, 6.07) is 16.3. The second-order valence-electron chi connectivity index (χ2n) is 13.0. The fraction of sp³-hybridized carbons (Fsp3) is 0.240. The molecule has 2 aromatic carbocycles. The fourth-order valence-electron chi connectivity index (χ4n) is 5.67. The molecule has 1 aliphatic rings. The van der Waals surface area contributed by atoms with E-state index < -0.39 is 11.9 Å². The fourth-order valence-corrected chi connectivity index (χ4v) is 5.67. The summed E-state index contributed by atoms with van der Waals surface area (Å²) < 4.78 is 21.8. The number of carbonyl (C=O) groups excluding carboxylic acids is 2. The summed E-state index contributed by atoms with van der Waals surface area (Å²) in [4.78, 5) is 25.0. The monoisotopic (exact) mass is 767 g/mol.